The predicted octanol–water partition coefficient (Wildman–Crippen LogP) is 4.05. The third-order valence-corrected chi connectivity index (χ3v) is 7.12. The largest absolute Gasteiger partial charge is 0.463 e. The van der Waals surface area contributed by atoms with E-state index in [2.05, 4.69) is 23.5 Å². The summed E-state index contributed by atoms with van der Waals surface area (Å²) < 4.78 is 5.56. The maximum Gasteiger partial charge on any atom is 0.305 e. The number of aliphatic hydroxyl groups excluding tert-OH is 1. The van der Waals surface area contributed by atoms with Gasteiger partial charge in [-0.1, -0.05) is 30.4 Å². The molecule has 1 aromatic carbocycles. The standard InChI is InChI=1S/C30H41N3O5/c1-3-5-6-7-15-29(36)38-21-24(17-23-19-31-27-14-9-8-13-26(23)27)32-30(37)22(11-4-2)18-28(35)33-16-10-12-25(33)20-34/h3-4,8-9,13-14,19,22,24-25,31,34H,1-2,5-7,10-12,15-18,20-21H2,(H,32,37)/t22-,24-,25-/m0/s1. The first-order valence-corrected chi connectivity index (χ1v) is 13.6. The van der Waals surface area contributed by atoms with Gasteiger partial charge in [0.05, 0.1) is 24.6 Å². The second-order valence-corrected chi connectivity index (χ2v) is 9.98. The van der Waals surface area contributed by atoms with Crippen LogP contribution >= 0.6 is 0 Å². The molecule has 3 rings (SSSR count). The van der Waals surface area contributed by atoms with E-state index in [0.717, 1.165) is 48.6 Å². The molecule has 2 amide bonds. The fraction of sp³-hybridized carbons (Fsp3) is 0.500. The van der Waals surface area contributed by atoms with Crippen molar-refractivity contribution in [3.8, 4) is 0 Å². The van der Waals surface area contributed by atoms with Crippen LogP contribution in [0, 0.1) is 5.92 Å². The number of rotatable bonds is 16. The average molecular weight is 524 g/mol. The fourth-order valence-electron chi connectivity index (χ4n) is 5.03. The number of amides is 2. The van der Waals surface area contributed by atoms with Crippen LogP contribution in [0.3, 0.4) is 0 Å². The summed E-state index contributed by atoms with van der Waals surface area (Å²) in [4.78, 5) is 43.6. The van der Waals surface area contributed by atoms with Crippen LogP contribution in [-0.2, 0) is 25.5 Å². The van der Waals surface area contributed by atoms with E-state index in [1.54, 1.807) is 11.0 Å². The second-order valence-electron chi connectivity index (χ2n) is 9.98. The summed E-state index contributed by atoms with van der Waals surface area (Å²) in [5, 5.41) is 13.7. The van der Waals surface area contributed by atoms with Gasteiger partial charge in [-0.05, 0) is 56.6 Å². The number of aromatic nitrogens is 1. The molecule has 8 heteroatoms. The zero-order valence-corrected chi connectivity index (χ0v) is 22.2. The van der Waals surface area contributed by atoms with E-state index in [9.17, 15) is 19.5 Å². The highest BCUT2D eigenvalue weighted by Crippen LogP contribution is 2.22. The van der Waals surface area contributed by atoms with Crippen LogP contribution in [0.4, 0.5) is 0 Å². The van der Waals surface area contributed by atoms with E-state index < -0.39 is 12.0 Å². The van der Waals surface area contributed by atoms with Gasteiger partial charge in [-0.3, -0.25) is 14.4 Å². The van der Waals surface area contributed by atoms with Crippen molar-refractivity contribution in [1.29, 1.82) is 0 Å². The number of carbonyl (C=O) groups is 3. The average Bonchev–Trinajstić information content (AvgIpc) is 3.57. The molecule has 3 atom stereocenters. The highest BCUT2D eigenvalue weighted by atomic mass is 16.5. The Morgan fingerprint density at radius 1 is 1.21 bits per heavy atom. The maximum atomic E-state index is 13.4. The molecule has 1 saturated heterocycles. The number of hydrogen-bond donors (Lipinski definition) is 3. The first kappa shape index (κ1) is 29.2. The number of aliphatic hydroxyl groups is 1. The van der Waals surface area contributed by atoms with Crippen molar-refractivity contribution in [2.24, 2.45) is 5.92 Å². The Morgan fingerprint density at radius 2 is 2.03 bits per heavy atom. The number of carbonyl (C=O) groups excluding carboxylic acids is 3. The number of para-hydroxylation sites is 1. The summed E-state index contributed by atoms with van der Waals surface area (Å²) in [6.07, 6.45) is 10.6. The smallest absolute Gasteiger partial charge is 0.305 e. The fourth-order valence-corrected chi connectivity index (χ4v) is 5.03. The molecule has 38 heavy (non-hydrogen) atoms. The number of allylic oxidation sites excluding steroid dienone is 2. The molecule has 1 aromatic heterocycles. The topological polar surface area (TPSA) is 112 Å². The summed E-state index contributed by atoms with van der Waals surface area (Å²) in [5.41, 5.74) is 2.00. The van der Waals surface area contributed by atoms with E-state index >= 15 is 0 Å². The third kappa shape index (κ3) is 8.31. The van der Waals surface area contributed by atoms with E-state index in [1.165, 1.54) is 0 Å². The molecule has 1 fully saturated rings. The number of esters is 1. The Labute approximate surface area is 225 Å². The number of hydrogen-bond acceptors (Lipinski definition) is 5. The first-order valence-electron chi connectivity index (χ1n) is 13.6. The lowest BCUT2D eigenvalue weighted by molar-refractivity contribution is -0.145. The van der Waals surface area contributed by atoms with Crippen LogP contribution in [0.1, 0.15) is 56.9 Å². The number of benzene rings is 1. The third-order valence-electron chi connectivity index (χ3n) is 7.12. The van der Waals surface area contributed by atoms with Crippen LogP contribution in [0.25, 0.3) is 10.9 Å². The van der Waals surface area contributed by atoms with Crippen LogP contribution < -0.4 is 5.32 Å². The molecule has 2 heterocycles. The maximum absolute atomic E-state index is 13.4. The van der Waals surface area contributed by atoms with Crippen LogP contribution in [-0.4, -0.2) is 64.6 Å². The van der Waals surface area contributed by atoms with Gasteiger partial charge in [0.15, 0.2) is 0 Å². The van der Waals surface area contributed by atoms with E-state index in [0.29, 0.717) is 25.8 Å². The van der Waals surface area contributed by atoms with Gasteiger partial charge in [0.1, 0.15) is 6.61 Å². The van der Waals surface area contributed by atoms with Gasteiger partial charge in [0.25, 0.3) is 0 Å². The monoisotopic (exact) mass is 523 g/mol. The van der Waals surface area contributed by atoms with Crippen molar-refractivity contribution >= 4 is 28.7 Å². The first-order chi connectivity index (χ1) is 18.5. The molecule has 2 aromatic rings. The normalized spacial score (nSPS) is 16.7. The minimum Gasteiger partial charge on any atom is -0.463 e. The summed E-state index contributed by atoms with van der Waals surface area (Å²) in [6, 6.07) is 7.26. The zero-order chi connectivity index (χ0) is 27.3. The summed E-state index contributed by atoms with van der Waals surface area (Å²) in [5.74, 6) is -1.30. The molecule has 0 spiro atoms. The summed E-state index contributed by atoms with van der Waals surface area (Å²) >= 11 is 0. The minimum atomic E-state index is -0.597. The highest BCUT2D eigenvalue weighted by molar-refractivity contribution is 5.87. The number of unbranched alkanes of at least 4 members (excludes halogenated alkanes) is 2. The number of H-pyrrole nitrogens is 1. The number of fused-ring (bicyclic) bond motifs is 1. The van der Waals surface area contributed by atoms with Crippen molar-refractivity contribution in [3.63, 3.8) is 0 Å². The van der Waals surface area contributed by atoms with Crippen LogP contribution in [0.15, 0.2) is 55.8 Å². The van der Waals surface area contributed by atoms with Gasteiger partial charge in [-0.15, -0.1) is 13.2 Å². The van der Waals surface area contributed by atoms with Gasteiger partial charge >= 0.3 is 5.97 Å². The van der Waals surface area contributed by atoms with Gasteiger partial charge in [0.2, 0.25) is 11.8 Å². The lowest BCUT2D eigenvalue weighted by Gasteiger charge is -2.26. The van der Waals surface area contributed by atoms with Gasteiger partial charge in [-0.2, -0.15) is 0 Å². The van der Waals surface area contributed by atoms with Gasteiger partial charge < -0.3 is 25.0 Å². The second kappa shape index (κ2) is 15.1. The lowest BCUT2D eigenvalue weighted by Crippen LogP contribution is -2.45. The number of nitrogens with zero attached hydrogens (tertiary/aromatic N) is 1. The minimum absolute atomic E-state index is 0.0389. The molecule has 206 valence electrons. The molecule has 8 nitrogen and oxygen atoms in total. The molecule has 1 aliphatic rings. The SMILES string of the molecule is C=CCCCCC(=O)OC[C@H](Cc1c[nH]c2ccccc12)NC(=O)[C@@H](CC=C)CC(=O)N1CCC[C@H]1CO. The number of nitrogens with one attached hydrogen (secondary N) is 2. The number of aromatic amines is 1. The van der Waals surface area contributed by atoms with Crippen molar-refractivity contribution in [2.45, 2.75) is 69.9 Å². The molecule has 3 N–H and O–H groups in total. The number of likely N-dealkylation sites (tertiary alicyclic amines) is 1. The summed E-state index contributed by atoms with van der Waals surface area (Å²) in [7, 11) is 0. The Hall–Kier alpha value is -3.39. The lowest BCUT2D eigenvalue weighted by atomic mass is 9.97. The Balaban J connectivity index is 1.68. The predicted molar refractivity (Wildman–Crippen MR) is 148 cm³/mol. The van der Waals surface area contributed by atoms with Crippen LogP contribution in [0.2, 0.25) is 0 Å². The van der Waals surface area contributed by atoms with Crippen molar-refractivity contribution in [1.82, 2.24) is 15.2 Å². The van der Waals surface area contributed by atoms with Crippen molar-refractivity contribution in [2.75, 3.05) is 19.8 Å². The van der Waals surface area contributed by atoms with Gasteiger partial charge in [0, 0.05) is 36.5 Å². The quantitative estimate of drug-likeness (QED) is 0.175. The summed E-state index contributed by atoms with van der Waals surface area (Å²) in [6.45, 7) is 8.03. The molecular weight excluding hydrogens is 482 g/mol. The van der Waals surface area contributed by atoms with Crippen molar-refractivity contribution < 1.29 is 24.2 Å². The Kier molecular flexibility index (Phi) is 11.6. The molecule has 0 radical (unpaired) electrons. The van der Waals surface area contributed by atoms with Crippen LogP contribution in [0.5, 0.6) is 0 Å². The zero-order valence-electron chi connectivity index (χ0n) is 22.2. The Bertz CT molecular complexity index is 1090. The molecule has 0 bridgehead atoms. The Morgan fingerprint density at radius 3 is 2.79 bits per heavy atom. The van der Waals surface area contributed by atoms with E-state index in [-0.39, 0.29) is 43.5 Å². The molecule has 0 unspecified atom stereocenters. The van der Waals surface area contributed by atoms with Crippen molar-refractivity contribution in [3.05, 3.63) is 61.3 Å². The highest BCUT2D eigenvalue weighted by Gasteiger charge is 2.31. The number of ether oxygens (including phenoxy) is 1. The molecule has 1 aliphatic heterocycles. The molecule has 0 aliphatic carbocycles. The molecule has 0 saturated carbocycles. The van der Waals surface area contributed by atoms with Gasteiger partial charge in [-0.25, -0.2) is 0 Å². The van der Waals surface area contributed by atoms with E-state index in [4.69, 9.17) is 4.74 Å². The molecular formula is C30H41N3O5. The van der Waals surface area contributed by atoms with E-state index in [1.807, 2.05) is 36.5 Å².